The van der Waals surface area contributed by atoms with E-state index in [4.69, 9.17) is 0 Å². The van der Waals surface area contributed by atoms with Gasteiger partial charge in [-0.25, -0.2) is 13.2 Å². The van der Waals surface area contributed by atoms with Gasteiger partial charge in [-0.2, -0.15) is 4.31 Å². The monoisotopic (exact) mass is 407 g/mol. The molecule has 150 valence electrons. The average molecular weight is 407 g/mol. The number of aromatic nitrogens is 3. The van der Waals surface area contributed by atoms with Gasteiger partial charge in [-0.1, -0.05) is 6.07 Å². The molecular formula is C17H21N5O5S. The van der Waals surface area contributed by atoms with Crippen LogP contribution in [0.25, 0.3) is 0 Å². The molecule has 1 aliphatic heterocycles. The van der Waals surface area contributed by atoms with Gasteiger partial charge in [0.15, 0.2) is 4.90 Å². The summed E-state index contributed by atoms with van der Waals surface area (Å²) in [4.78, 5) is 43.7. The molecule has 2 aromatic rings. The van der Waals surface area contributed by atoms with Crippen LogP contribution in [0, 0.1) is 12.8 Å². The number of hydrogen-bond donors (Lipinski definition) is 3. The van der Waals surface area contributed by atoms with Gasteiger partial charge in [0.05, 0.1) is 18.2 Å². The predicted molar refractivity (Wildman–Crippen MR) is 100.0 cm³/mol. The van der Waals surface area contributed by atoms with Gasteiger partial charge in [-0.3, -0.25) is 19.6 Å². The van der Waals surface area contributed by atoms with Crippen LogP contribution in [-0.2, 0) is 21.4 Å². The van der Waals surface area contributed by atoms with Crippen molar-refractivity contribution in [3.05, 3.63) is 56.6 Å². The summed E-state index contributed by atoms with van der Waals surface area (Å²) in [6, 6.07) is 5.37. The Bertz CT molecular complexity index is 1080. The number of aromatic amines is 2. The van der Waals surface area contributed by atoms with Crippen molar-refractivity contribution in [1.29, 1.82) is 0 Å². The zero-order chi connectivity index (χ0) is 20.3. The van der Waals surface area contributed by atoms with Crippen LogP contribution in [-0.4, -0.2) is 46.7 Å². The summed E-state index contributed by atoms with van der Waals surface area (Å²) in [5, 5.41) is 2.77. The van der Waals surface area contributed by atoms with Crippen LogP contribution < -0.4 is 16.6 Å². The zero-order valence-corrected chi connectivity index (χ0v) is 16.1. The van der Waals surface area contributed by atoms with Crippen LogP contribution in [0.4, 0.5) is 0 Å². The highest BCUT2D eigenvalue weighted by Gasteiger charge is 2.35. The van der Waals surface area contributed by atoms with E-state index in [1.165, 1.54) is 6.92 Å². The van der Waals surface area contributed by atoms with E-state index in [9.17, 15) is 22.8 Å². The third-order valence-electron chi connectivity index (χ3n) is 4.60. The van der Waals surface area contributed by atoms with E-state index in [1.54, 1.807) is 18.3 Å². The van der Waals surface area contributed by atoms with Crippen LogP contribution in [0.5, 0.6) is 0 Å². The second kappa shape index (κ2) is 8.07. The minimum absolute atomic E-state index is 0.0320. The van der Waals surface area contributed by atoms with E-state index in [0.29, 0.717) is 18.5 Å². The van der Waals surface area contributed by atoms with Crippen LogP contribution in [0.3, 0.4) is 0 Å². The van der Waals surface area contributed by atoms with Gasteiger partial charge < -0.3 is 10.3 Å². The number of piperidine rings is 1. The lowest BCUT2D eigenvalue weighted by Crippen LogP contribution is -2.47. The lowest BCUT2D eigenvalue weighted by atomic mass is 9.99. The first-order valence-corrected chi connectivity index (χ1v) is 10.2. The molecule has 1 atom stereocenters. The first kappa shape index (κ1) is 20.0. The van der Waals surface area contributed by atoms with Gasteiger partial charge in [0.2, 0.25) is 15.9 Å². The van der Waals surface area contributed by atoms with E-state index in [2.05, 4.69) is 15.3 Å². The van der Waals surface area contributed by atoms with Crippen molar-refractivity contribution >= 4 is 15.9 Å². The Hall–Kier alpha value is -2.79. The van der Waals surface area contributed by atoms with E-state index >= 15 is 0 Å². The Balaban J connectivity index is 1.74. The van der Waals surface area contributed by atoms with Gasteiger partial charge in [0.1, 0.15) is 0 Å². The molecule has 1 saturated heterocycles. The molecule has 2 aromatic heterocycles. The molecule has 11 heteroatoms. The van der Waals surface area contributed by atoms with Crippen molar-refractivity contribution in [2.75, 3.05) is 13.1 Å². The number of H-pyrrole nitrogens is 2. The maximum Gasteiger partial charge on any atom is 0.325 e. The van der Waals surface area contributed by atoms with Crippen molar-refractivity contribution in [2.45, 2.75) is 31.2 Å². The average Bonchev–Trinajstić information content (AvgIpc) is 2.66. The molecule has 1 amide bonds. The molecule has 0 aromatic carbocycles. The molecule has 10 nitrogen and oxygen atoms in total. The number of rotatable bonds is 5. The number of hydrogen-bond acceptors (Lipinski definition) is 6. The summed E-state index contributed by atoms with van der Waals surface area (Å²) >= 11 is 0. The zero-order valence-electron chi connectivity index (χ0n) is 15.3. The molecule has 3 heterocycles. The molecule has 0 radical (unpaired) electrons. The molecule has 0 unspecified atom stereocenters. The van der Waals surface area contributed by atoms with Crippen molar-refractivity contribution < 1.29 is 13.2 Å². The third-order valence-corrected chi connectivity index (χ3v) is 6.62. The maximum atomic E-state index is 12.9. The molecule has 0 bridgehead atoms. The quantitative estimate of drug-likeness (QED) is 0.608. The molecule has 0 spiro atoms. The summed E-state index contributed by atoms with van der Waals surface area (Å²) in [6.07, 6.45) is 2.66. The van der Waals surface area contributed by atoms with E-state index in [-0.39, 0.29) is 31.2 Å². The summed E-state index contributed by atoms with van der Waals surface area (Å²) in [7, 11) is -4.15. The molecule has 1 aliphatic rings. The Morgan fingerprint density at radius 3 is 2.79 bits per heavy atom. The summed E-state index contributed by atoms with van der Waals surface area (Å²) in [6.45, 7) is 1.77. The van der Waals surface area contributed by atoms with Crippen LogP contribution >= 0.6 is 0 Å². The lowest BCUT2D eigenvalue weighted by Gasteiger charge is -2.31. The van der Waals surface area contributed by atoms with E-state index in [0.717, 1.165) is 4.31 Å². The van der Waals surface area contributed by atoms with Gasteiger partial charge in [0, 0.05) is 25.0 Å². The number of aryl methyl sites for hydroxylation is 1. The number of sulfonamides is 1. The molecule has 0 saturated carbocycles. The van der Waals surface area contributed by atoms with E-state index < -0.39 is 32.1 Å². The van der Waals surface area contributed by atoms with E-state index in [1.807, 2.05) is 11.1 Å². The van der Waals surface area contributed by atoms with Gasteiger partial charge in [-0.05, 0) is 31.9 Å². The highest BCUT2D eigenvalue weighted by molar-refractivity contribution is 7.89. The Morgan fingerprint density at radius 1 is 1.32 bits per heavy atom. The summed E-state index contributed by atoms with van der Waals surface area (Å²) < 4.78 is 27.0. The minimum atomic E-state index is -4.15. The van der Waals surface area contributed by atoms with Crippen molar-refractivity contribution in [3.63, 3.8) is 0 Å². The topological polar surface area (TPSA) is 145 Å². The fourth-order valence-electron chi connectivity index (χ4n) is 3.23. The normalized spacial score (nSPS) is 18.0. The number of amides is 1. The minimum Gasteiger partial charge on any atom is -0.350 e. The molecule has 1 fully saturated rings. The maximum absolute atomic E-state index is 12.9. The van der Waals surface area contributed by atoms with Crippen LogP contribution in [0.1, 0.15) is 24.2 Å². The predicted octanol–water partition coefficient (Wildman–Crippen LogP) is -0.516. The largest absolute Gasteiger partial charge is 0.350 e. The summed E-state index contributed by atoms with van der Waals surface area (Å²) in [5.41, 5.74) is -1.07. The van der Waals surface area contributed by atoms with Crippen LogP contribution in [0.2, 0.25) is 0 Å². The number of carbonyl (C=O) groups excluding carboxylic acids is 1. The second-order valence-electron chi connectivity index (χ2n) is 6.60. The molecule has 28 heavy (non-hydrogen) atoms. The van der Waals surface area contributed by atoms with Gasteiger partial charge in [-0.15, -0.1) is 0 Å². The van der Waals surface area contributed by atoms with Crippen molar-refractivity contribution in [1.82, 2.24) is 24.6 Å². The highest BCUT2D eigenvalue weighted by atomic mass is 32.2. The van der Waals surface area contributed by atoms with Crippen molar-refractivity contribution in [2.24, 2.45) is 5.92 Å². The molecule has 0 aliphatic carbocycles. The fourth-order valence-corrected chi connectivity index (χ4v) is 4.95. The summed E-state index contributed by atoms with van der Waals surface area (Å²) in [5.74, 6) is -0.799. The first-order chi connectivity index (χ1) is 13.3. The number of nitrogens with zero attached hydrogens (tertiary/aromatic N) is 2. The van der Waals surface area contributed by atoms with Crippen LogP contribution in [0.15, 0.2) is 38.9 Å². The Kier molecular flexibility index (Phi) is 5.75. The van der Waals surface area contributed by atoms with Gasteiger partial charge in [0.25, 0.3) is 5.56 Å². The number of pyridine rings is 1. The standard InChI is InChI=1S/C17H21N5O5S/c1-11-14(16(24)21-17(25)20-11)28(26,27)22-8-4-5-12(10-22)15(23)19-9-13-6-2-3-7-18-13/h2-3,6-7,12H,4-5,8-10H2,1H3,(H,19,23)(H2,20,21,24,25)/t12-/m0/s1. The van der Waals surface area contributed by atoms with Gasteiger partial charge >= 0.3 is 5.69 Å². The third kappa shape index (κ3) is 4.20. The molecular weight excluding hydrogens is 386 g/mol. The first-order valence-electron chi connectivity index (χ1n) is 8.80. The second-order valence-corrected chi connectivity index (χ2v) is 8.48. The smallest absolute Gasteiger partial charge is 0.325 e. The Morgan fingerprint density at radius 2 is 2.11 bits per heavy atom. The Labute approximate surface area is 161 Å². The highest BCUT2D eigenvalue weighted by Crippen LogP contribution is 2.23. The number of carbonyl (C=O) groups is 1. The lowest BCUT2D eigenvalue weighted by molar-refractivity contribution is -0.126. The number of nitrogens with one attached hydrogen (secondary N) is 3. The molecule has 3 N–H and O–H groups in total. The molecule has 3 rings (SSSR count). The SMILES string of the molecule is Cc1[nH]c(=O)[nH]c(=O)c1S(=O)(=O)N1CCC[C@H](C(=O)NCc2ccccn2)C1. The van der Waals surface area contributed by atoms with Crippen molar-refractivity contribution in [3.8, 4) is 0 Å². The fraction of sp³-hybridized carbons (Fsp3) is 0.412.